The Morgan fingerprint density at radius 2 is 2.15 bits per heavy atom. The second-order valence-electron chi connectivity index (χ2n) is 6.30. The van der Waals surface area contributed by atoms with Crippen LogP contribution in [0.1, 0.15) is 36.6 Å². The molecule has 9 heteroatoms. The van der Waals surface area contributed by atoms with Crippen LogP contribution in [0.25, 0.3) is 0 Å². The van der Waals surface area contributed by atoms with Gasteiger partial charge in [0, 0.05) is 18.9 Å². The zero-order valence-electron chi connectivity index (χ0n) is 14.4. The van der Waals surface area contributed by atoms with E-state index in [4.69, 9.17) is 17.3 Å². The summed E-state index contributed by atoms with van der Waals surface area (Å²) in [6.45, 7) is 2.37. The molecule has 0 saturated heterocycles. The summed E-state index contributed by atoms with van der Waals surface area (Å²) in [6, 6.07) is 5.46. The van der Waals surface area contributed by atoms with Gasteiger partial charge in [-0.15, -0.1) is 10.2 Å². The maximum atomic E-state index is 12.2. The van der Waals surface area contributed by atoms with Gasteiger partial charge >= 0.3 is 0 Å². The first-order valence-corrected chi connectivity index (χ1v) is 9.70. The van der Waals surface area contributed by atoms with Gasteiger partial charge in [0.25, 0.3) is 0 Å². The molecule has 0 unspecified atom stereocenters. The summed E-state index contributed by atoms with van der Waals surface area (Å²) < 4.78 is 1.90. The van der Waals surface area contributed by atoms with Gasteiger partial charge in [-0.2, -0.15) is 0 Å². The lowest BCUT2D eigenvalue weighted by Crippen LogP contribution is -2.17. The second-order valence-corrected chi connectivity index (χ2v) is 7.65. The minimum atomic E-state index is -0.372. The fraction of sp³-hybridized carbons (Fsp3) is 0.412. The summed E-state index contributed by atoms with van der Waals surface area (Å²) in [7, 11) is 0. The van der Waals surface area contributed by atoms with Gasteiger partial charge in [0.1, 0.15) is 5.82 Å². The first-order chi connectivity index (χ1) is 12.4. The molecule has 138 valence electrons. The smallest absolute Gasteiger partial charge is 0.234 e. The molecule has 1 saturated carbocycles. The Balaban J connectivity index is 1.63. The summed E-state index contributed by atoms with van der Waals surface area (Å²) in [5.41, 5.74) is 6.86. The molecule has 0 radical (unpaired) electrons. The molecule has 2 amide bonds. The Morgan fingerprint density at radius 1 is 1.38 bits per heavy atom. The lowest BCUT2D eigenvalue weighted by molar-refractivity contribution is -0.118. The number of anilines is 1. The number of thioether (sulfide) groups is 1. The molecule has 1 aliphatic rings. The van der Waals surface area contributed by atoms with E-state index in [0.717, 1.165) is 24.2 Å². The van der Waals surface area contributed by atoms with E-state index in [1.165, 1.54) is 11.8 Å². The van der Waals surface area contributed by atoms with E-state index in [0.29, 0.717) is 28.3 Å². The molecule has 1 aromatic carbocycles. The van der Waals surface area contributed by atoms with E-state index in [2.05, 4.69) is 15.5 Å². The number of rotatable bonds is 8. The molecule has 26 heavy (non-hydrogen) atoms. The lowest BCUT2D eigenvalue weighted by atomic mass is 10.2. The Labute approximate surface area is 160 Å². The van der Waals surface area contributed by atoms with Crippen molar-refractivity contribution >= 4 is 40.9 Å². The van der Waals surface area contributed by atoms with Crippen LogP contribution in [0.2, 0.25) is 5.02 Å². The number of aryl methyl sites for hydroxylation is 1. The predicted molar refractivity (Wildman–Crippen MR) is 101 cm³/mol. The van der Waals surface area contributed by atoms with E-state index in [-0.39, 0.29) is 24.0 Å². The van der Waals surface area contributed by atoms with Gasteiger partial charge in [0.05, 0.1) is 16.5 Å². The average molecular weight is 394 g/mol. The molecule has 3 rings (SSSR count). The van der Waals surface area contributed by atoms with Crippen molar-refractivity contribution in [1.29, 1.82) is 0 Å². The topological polar surface area (TPSA) is 103 Å². The second kappa shape index (κ2) is 8.09. The van der Waals surface area contributed by atoms with Gasteiger partial charge in [0.15, 0.2) is 5.16 Å². The molecule has 0 aliphatic heterocycles. The number of primary amides is 1. The van der Waals surface area contributed by atoms with Crippen molar-refractivity contribution in [3.05, 3.63) is 34.6 Å². The van der Waals surface area contributed by atoms with E-state index in [1.54, 1.807) is 12.1 Å². The van der Waals surface area contributed by atoms with Crippen molar-refractivity contribution in [2.75, 3.05) is 11.1 Å². The normalized spacial score (nSPS) is 13.6. The molecule has 1 heterocycles. The zero-order chi connectivity index (χ0) is 18.7. The summed E-state index contributed by atoms with van der Waals surface area (Å²) in [5.74, 6) is 0.880. The van der Waals surface area contributed by atoms with Crippen LogP contribution in [-0.2, 0) is 16.1 Å². The van der Waals surface area contributed by atoms with Crippen LogP contribution in [0, 0.1) is 6.92 Å². The van der Waals surface area contributed by atoms with Crippen LogP contribution in [-0.4, -0.2) is 32.3 Å². The largest absolute Gasteiger partial charge is 0.370 e. The first kappa shape index (κ1) is 18.7. The molecule has 0 bridgehead atoms. The highest BCUT2D eigenvalue weighted by Crippen LogP contribution is 2.40. The highest BCUT2D eigenvalue weighted by atomic mass is 35.5. The summed E-state index contributed by atoms with van der Waals surface area (Å²) >= 11 is 7.42. The van der Waals surface area contributed by atoms with Crippen LogP contribution in [0.5, 0.6) is 0 Å². The van der Waals surface area contributed by atoms with Crippen molar-refractivity contribution in [3.8, 4) is 0 Å². The molecule has 2 aromatic rings. The highest BCUT2D eigenvalue weighted by molar-refractivity contribution is 7.99. The number of carbonyl (C=O) groups excluding carboxylic acids is 2. The molecule has 1 aliphatic carbocycles. The van der Waals surface area contributed by atoms with Crippen LogP contribution in [0.3, 0.4) is 0 Å². The fourth-order valence-electron chi connectivity index (χ4n) is 2.52. The predicted octanol–water partition coefficient (Wildman–Crippen LogP) is 2.72. The number of benzene rings is 1. The summed E-state index contributed by atoms with van der Waals surface area (Å²) in [6.07, 6.45) is 2.37. The van der Waals surface area contributed by atoms with Crippen molar-refractivity contribution < 1.29 is 9.59 Å². The van der Waals surface area contributed by atoms with Gasteiger partial charge in [-0.3, -0.25) is 9.59 Å². The summed E-state index contributed by atoms with van der Waals surface area (Å²) in [4.78, 5) is 23.3. The third-order valence-electron chi connectivity index (χ3n) is 4.00. The quantitative estimate of drug-likeness (QED) is 0.671. The molecule has 0 atom stereocenters. The Kier molecular flexibility index (Phi) is 5.83. The Morgan fingerprint density at radius 3 is 2.81 bits per heavy atom. The van der Waals surface area contributed by atoms with Gasteiger partial charge < -0.3 is 15.6 Å². The van der Waals surface area contributed by atoms with Crippen LogP contribution in [0.15, 0.2) is 23.4 Å². The molecular formula is C17H20ClN5O2S. The van der Waals surface area contributed by atoms with Gasteiger partial charge in [-0.25, -0.2) is 0 Å². The van der Waals surface area contributed by atoms with E-state index < -0.39 is 0 Å². The monoisotopic (exact) mass is 393 g/mol. The number of nitrogens with one attached hydrogen (secondary N) is 1. The van der Waals surface area contributed by atoms with Gasteiger partial charge in [-0.05, 0) is 37.5 Å². The number of nitrogens with zero attached hydrogens (tertiary/aromatic N) is 3. The van der Waals surface area contributed by atoms with Crippen molar-refractivity contribution in [1.82, 2.24) is 14.8 Å². The number of nitrogens with two attached hydrogens (primary N) is 1. The van der Waals surface area contributed by atoms with E-state index in [9.17, 15) is 9.59 Å². The van der Waals surface area contributed by atoms with Gasteiger partial charge in [0.2, 0.25) is 11.8 Å². The average Bonchev–Trinajstić information content (AvgIpc) is 3.34. The molecule has 7 nitrogen and oxygen atoms in total. The SMILES string of the molecule is Cc1ccc(NC(=O)CSc2nnc(C3CC3)n2CCC(N)=O)c(Cl)c1. The first-order valence-electron chi connectivity index (χ1n) is 8.34. The summed E-state index contributed by atoms with van der Waals surface area (Å²) in [5, 5.41) is 12.3. The molecule has 3 N–H and O–H groups in total. The highest BCUT2D eigenvalue weighted by Gasteiger charge is 2.30. The van der Waals surface area contributed by atoms with Crippen molar-refractivity contribution in [2.24, 2.45) is 5.73 Å². The van der Waals surface area contributed by atoms with Crippen molar-refractivity contribution in [2.45, 2.75) is 43.8 Å². The Bertz CT molecular complexity index is 835. The number of amides is 2. The maximum absolute atomic E-state index is 12.2. The van der Waals surface area contributed by atoms with Crippen molar-refractivity contribution in [3.63, 3.8) is 0 Å². The zero-order valence-corrected chi connectivity index (χ0v) is 15.9. The minimum Gasteiger partial charge on any atom is -0.370 e. The number of halogens is 1. The minimum absolute atomic E-state index is 0.170. The molecule has 0 spiro atoms. The van der Waals surface area contributed by atoms with Crippen LogP contribution in [0.4, 0.5) is 5.69 Å². The third-order valence-corrected chi connectivity index (χ3v) is 5.28. The number of hydrogen-bond acceptors (Lipinski definition) is 5. The van der Waals surface area contributed by atoms with Crippen LogP contribution < -0.4 is 11.1 Å². The van der Waals surface area contributed by atoms with E-state index >= 15 is 0 Å². The van der Waals surface area contributed by atoms with Crippen LogP contribution >= 0.6 is 23.4 Å². The number of hydrogen-bond donors (Lipinski definition) is 2. The maximum Gasteiger partial charge on any atom is 0.234 e. The lowest BCUT2D eigenvalue weighted by Gasteiger charge is -2.10. The molecule has 1 fully saturated rings. The van der Waals surface area contributed by atoms with Gasteiger partial charge in [-0.1, -0.05) is 29.4 Å². The number of aromatic nitrogens is 3. The Hall–Kier alpha value is -2.06. The third kappa shape index (κ3) is 4.76. The molecular weight excluding hydrogens is 374 g/mol. The van der Waals surface area contributed by atoms with E-state index in [1.807, 2.05) is 17.6 Å². The number of carbonyl (C=O) groups is 2. The molecule has 1 aromatic heterocycles. The standard InChI is InChI=1S/C17H20ClN5O2S/c1-10-2-5-13(12(18)8-10)20-15(25)9-26-17-22-21-16(11-3-4-11)23(17)7-6-14(19)24/h2,5,8,11H,3-4,6-7,9H2,1H3,(H2,19,24)(H,20,25). The fourth-order valence-corrected chi connectivity index (χ4v) is 3.57.